The minimum Gasteiger partial charge on any atom is -0.477 e. The number of amides is 2. The standard InChI is InChI=1S/C18H21N7O5S3/c1-24-17(21-22-23-24)32-8-9-7-31-16-18(30-2,15(29)25(16)13(9)14(27)28)20-12(26)5-10-3-4-11(6-19)33-10/h3-4,16H,5-8,19H2,1-2H3,(H,20,26)(H,27,28)/t16-,18-/m0/s1. The minimum absolute atomic E-state index is 0.0652. The van der Waals surface area contributed by atoms with Gasteiger partial charge in [-0.1, -0.05) is 11.8 Å². The van der Waals surface area contributed by atoms with Crippen LogP contribution < -0.4 is 11.1 Å². The number of tetrazole rings is 1. The van der Waals surface area contributed by atoms with Gasteiger partial charge in [-0.25, -0.2) is 9.48 Å². The Hall–Kier alpha value is -2.46. The van der Waals surface area contributed by atoms with Crippen molar-refractivity contribution in [3.8, 4) is 0 Å². The van der Waals surface area contributed by atoms with Gasteiger partial charge in [0.05, 0.1) is 6.42 Å². The Morgan fingerprint density at radius 2 is 2.18 bits per heavy atom. The molecule has 2 aromatic rings. The summed E-state index contributed by atoms with van der Waals surface area (Å²) in [6.07, 6.45) is 0.0652. The second-order valence-electron chi connectivity index (χ2n) is 7.21. The molecule has 4 heterocycles. The molecule has 2 atom stereocenters. The number of carbonyl (C=O) groups excluding carboxylic acids is 2. The lowest BCUT2D eigenvalue weighted by Crippen LogP contribution is -2.80. The highest BCUT2D eigenvalue weighted by molar-refractivity contribution is 8.01. The van der Waals surface area contributed by atoms with Crippen molar-refractivity contribution < 1.29 is 24.2 Å². The number of fused-ring (bicyclic) bond motifs is 1. The number of aryl methyl sites for hydroxylation is 1. The lowest BCUT2D eigenvalue weighted by Gasteiger charge is -2.55. The molecule has 1 fully saturated rings. The normalized spacial score (nSPS) is 22.2. The zero-order valence-electron chi connectivity index (χ0n) is 17.7. The van der Waals surface area contributed by atoms with Gasteiger partial charge in [-0.2, -0.15) is 0 Å². The van der Waals surface area contributed by atoms with E-state index >= 15 is 0 Å². The molecule has 2 aliphatic rings. The quantitative estimate of drug-likeness (QED) is 0.231. The van der Waals surface area contributed by atoms with Gasteiger partial charge in [0.2, 0.25) is 11.1 Å². The molecule has 0 saturated carbocycles. The monoisotopic (exact) mass is 511 g/mol. The molecule has 0 unspecified atom stereocenters. The van der Waals surface area contributed by atoms with E-state index in [0.29, 0.717) is 28.8 Å². The van der Waals surface area contributed by atoms with Crippen LogP contribution in [0.15, 0.2) is 28.6 Å². The first-order chi connectivity index (χ1) is 15.8. The highest BCUT2D eigenvalue weighted by Gasteiger charge is 2.66. The van der Waals surface area contributed by atoms with Gasteiger partial charge >= 0.3 is 5.97 Å². The fourth-order valence-corrected chi connectivity index (χ4v) is 6.91. The third-order valence-corrected chi connectivity index (χ3v) is 8.75. The highest BCUT2D eigenvalue weighted by Crippen LogP contribution is 2.47. The predicted molar refractivity (Wildman–Crippen MR) is 121 cm³/mol. The molecule has 33 heavy (non-hydrogen) atoms. The topological polar surface area (TPSA) is 166 Å². The summed E-state index contributed by atoms with van der Waals surface area (Å²) < 4.78 is 6.96. The summed E-state index contributed by atoms with van der Waals surface area (Å²) in [6.45, 7) is 0.387. The molecule has 1 saturated heterocycles. The number of nitrogens with one attached hydrogen (secondary N) is 1. The van der Waals surface area contributed by atoms with Gasteiger partial charge in [-0.05, 0) is 28.1 Å². The maximum atomic E-state index is 13.2. The van der Waals surface area contributed by atoms with E-state index in [0.717, 1.165) is 9.75 Å². The third kappa shape index (κ3) is 4.26. The Bertz CT molecular complexity index is 1130. The molecule has 0 spiro atoms. The SMILES string of the molecule is CO[C@@]1(NC(=O)Cc2ccc(CN)s2)C(=O)N2C(C(=O)O)=C(CSc3nnnn3C)CS[C@H]21. The van der Waals surface area contributed by atoms with E-state index in [4.69, 9.17) is 10.5 Å². The molecule has 12 nitrogen and oxygen atoms in total. The number of aliphatic carboxylic acids is 1. The molecule has 0 radical (unpaired) electrons. The van der Waals surface area contributed by atoms with Crippen molar-refractivity contribution in [3.05, 3.63) is 33.2 Å². The van der Waals surface area contributed by atoms with Crippen molar-refractivity contribution in [2.24, 2.45) is 12.8 Å². The number of thiophene rings is 1. The Kier molecular flexibility index (Phi) is 6.76. The number of ether oxygens (including phenoxy) is 1. The van der Waals surface area contributed by atoms with E-state index in [2.05, 4.69) is 20.8 Å². The van der Waals surface area contributed by atoms with Crippen molar-refractivity contribution in [2.75, 3.05) is 18.6 Å². The van der Waals surface area contributed by atoms with E-state index in [-0.39, 0.29) is 12.1 Å². The fraction of sp³-hybridized carbons (Fsp3) is 0.444. The highest BCUT2D eigenvalue weighted by atomic mass is 32.2. The van der Waals surface area contributed by atoms with Crippen LogP contribution in [0, 0.1) is 0 Å². The summed E-state index contributed by atoms with van der Waals surface area (Å²) in [7, 11) is 3.01. The van der Waals surface area contributed by atoms with Gasteiger partial charge in [-0.3, -0.25) is 14.5 Å². The van der Waals surface area contributed by atoms with Crippen LogP contribution in [0.5, 0.6) is 0 Å². The van der Waals surface area contributed by atoms with Crippen LogP contribution in [0.4, 0.5) is 0 Å². The van der Waals surface area contributed by atoms with Crippen molar-refractivity contribution in [3.63, 3.8) is 0 Å². The van der Waals surface area contributed by atoms with Crippen molar-refractivity contribution in [1.29, 1.82) is 0 Å². The Labute approximate surface area is 200 Å². The molecule has 4 N–H and O–H groups in total. The van der Waals surface area contributed by atoms with Gasteiger partial charge in [0.1, 0.15) is 11.1 Å². The van der Waals surface area contributed by atoms with E-state index < -0.39 is 28.9 Å². The van der Waals surface area contributed by atoms with Crippen LogP contribution in [0.25, 0.3) is 0 Å². The minimum atomic E-state index is -1.62. The van der Waals surface area contributed by atoms with Crippen LogP contribution in [0.1, 0.15) is 9.75 Å². The van der Waals surface area contributed by atoms with Crippen molar-refractivity contribution in [1.82, 2.24) is 30.4 Å². The van der Waals surface area contributed by atoms with Crippen LogP contribution >= 0.6 is 34.9 Å². The molecule has 2 aromatic heterocycles. The molecular weight excluding hydrogens is 490 g/mol. The summed E-state index contributed by atoms with van der Waals surface area (Å²) in [6, 6.07) is 3.67. The zero-order chi connectivity index (χ0) is 23.8. The predicted octanol–water partition coefficient (Wildman–Crippen LogP) is -0.222. The van der Waals surface area contributed by atoms with Gasteiger partial charge in [0.15, 0.2) is 0 Å². The number of β-lactam (4-membered cyclic amide) rings is 1. The van der Waals surface area contributed by atoms with E-state index in [9.17, 15) is 19.5 Å². The lowest BCUT2D eigenvalue weighted by molar-refractivity contribution is -0.192. The van der Waals surface area contributed by atoms with Crippen LogP contribution in [0.2, 0.25) is 0 Å². The summed E-state index contributed by atoms with van der Waals surface area (Å²) in [5.41, 5.74) is 4.46. The number of carboxylic acid groups (broad SMARTS) is 1. The largest absolute Gasteiger partial charge is 0.477 e. The molecule has 4 rings (SSSR count). The first-order valence-electron chi connectivity index (χ1n) is 9.70. The van der Waals surface area contributed by atoms with Crippen LogP contribution in [-0.4, -0.2) is 77.7 Å². The second-order valence-corrected chi connectivity index (χ2v) is 10.5. The number of aromatic nitrogens is 4. The Balaban J connectivity index is 1.51. The Morgan fingerprint density at radius 1 is 1.42 bits per heavy atom. The van der Waals surface area contributed by atoms with Gasteiger partial charge in [0, 0.05) is 42.0 Å². The number of nitrogens with zero attached hydrogens (tertiary/aromatic N) is 5. The number of hydrogen-bond donors (Lipinski definition) is 3. The maximum Gasteiger partial charge on any atom is 0.352 e. The van der Waals surface area contributed by atoms with Crippen molar-refractivity contribution in [2.45, 2.75) is 29.2 Å². The fourth-order valence-electron chi connectivity index (χ4n) is 3.59. The van der Waals surface area contributed by atoms with E-state index in [1.54, 1.807) is 7.05 Å². The smallest absolute Gasteiger partial charge is 0.352 e. The molecule has 0 aliphatic carbocycles. The summed E-state index contributed by atoms with van der Waals surface area (Å²) >= 11 is 4.03. The molecule has 0 bridgehead atoms. The maximum absolute atomic E-state index is 13.2. The number of rotatable bonds is 9. The number of thioether (sulfide) groups is 2. The molecule has 176 valence electrons. The number of nitrogens with two attached hydrogens (primary N) is 1. The van der Waals surface area contributed by atoms with E-state index in [1.807, 2.05) is 12.1 Å². The second kappa shape index (κ2) is 9.42. The zero-order valence-corrected chi connectivity index (χ0v) is 20.1. The number of hydrogen-bond acceptors (Lipinski definition) is 11. The van der Waals surface area contributed by atoms with Gasteiger partial charge in [-0.15, -0.1) is 28.2 Å². The summed E-state index contributed by atoms with van der Waals surface area (Å²) in [4.78, 5) is 40.9. The average Bonchev–Trinajstić information content (AvgIpc) is 3.43. The third-order valence-electron chi connectivity index (χ3n) is 5.17. The van der Waals surface area contributed by atoms with Crippen LogP contribution in [0.3, 0.4) is 0 Å². The van der Waals surface area contributed by atoms with Crippen LogP contribution in [-0.2, 0) is 39.1 Å². The van der Waals surface area contributed by atoms with Crippen molar-refractivity contribution >= 4 is 52.6 Å². The molecule has 2 amide bonds. The molecule has 0 aromatic carbocycles. The number of carboxylic acids is 1. The molecule has 2 aliphatic heterocycles. The Morgan fingerprint density at radius 3 is 2.79 bits per heavy atom. The van der Waals surface area contributed by atoms with Gasteiger partial charge < -0.3 is 20.9 Å². The number of methoxy groups -OCH3 is 1. The van der Waals surface area contributed by atoms with E-state index in [1.165, 1.54) is 51.6 Å². The average molecular weight is 512 g/mol. The van der Waals surface area contributed by atoms with Gasteiger partial charge in [0.25, 0.3) is 11.6 Å². The lowest BCUT2D eigenvalue weighted by atomic mass is 9.98. The first-order valence-corrected chi connectivity index (χ1v) is 12.5. The molecule has 15 heteroatoms. The number of carbonyl (C=O) groups is 3. The summed E-state index contributed by atoms with van der Waals surface area (Å²) in [5.74, 6) is -1.59. The first kappa shape index (κ1) is 23.7. The summed E-state index contributed by atoms with van der Waals surface area (Å²) in [5, 5.41) is 23.6. The molecular formula is C18H21N7O5S3.